The summed E-state index contributed by atoms with van der Waals surface area (Å²) in [4.78, 5) is 13.0. The van der Waals surface area contributed by atoms with E-state index in [1.165, 1.54) is 0 Å². The number of aromatic nitrogens is 3. The first-order chi connectivity index (χ1) is 11.8. The molecule has 0 bridgehead atoms. The van der Waals surface area contributed by atoms with Crippen molar-refractivity contribution >= 4 is 17.5 Å². The lowest BCUT2D eigenvalue weighted by Gasteiger charge is -2.09. The Morgan fingerprint density at radius 2 is 1.83 bits per heavy atom. The fourth-order valence-corrected chi connectivity index (χ4v) is 2.13. The molecule has 24 heavy (non-hydrogen) atoms. The van der Waals surface area contributed by atoms with Crippen molar-refractivity contribution in [1.82, 2.24) is 15.0 Å². The molecule has 0 saturated heterocycles. The number of nitrogens with one attached hydrogen (secondary N) is 2. The van der Waals surface area contributed by atoms with Crippen LogP contribution in [-0.4, -0.2) is 21.6 Å². The van der Waals surface area contributed by atoms with Crippen molar-refractivity contribution in [2.45, 2.75) is 13.5 Å². The van der Waals surface area contributed by atoms with E-state index in [0.717, 1.165) is 22.9 Å². The maximum Gasteiger partial charge on any atom is 0.229 e. The predicted octanol–water partition coefficient (Wildman–Crippen LogP) is 3.63. The van der Waals surface area contributed by atoms with E-state index < -0.39 is 0 Å². The highest BCUT2D eigenvalue weighted by atomic mass is 16.5. The van der Waals surface area contributed by atoms with Gasteiger partial charge in [-0.1, -0.05) is 6.07 Å². The second-order valence-electron chi connectivity index (χ2n) is 5.02. The van der Waals surface area contributed by atoms with E-state index in [0.29, 0.717) is 19.1 Å². The summed E-state index contributed by atoms with van der Waals surface area (Å²) in [6.45, 7) is 3.23. The predicted molar refractivity (Wildman–Crippen MR) is 94.5 cm³/mol. The molecule has 0 saturated carbocycles. The quantitative estimate of drug-likeness (QED) is 0.692. The molecule has 0 fully saturated rings. The number of nitrogens with zero attached hydrogens (tertiary/aromatic N) is 3. The molecule has 3 rings (SSSR count). The molecule has 2 aromatic heterocycles. The van der Waals surface area contributed by atoms with Crippen LogP contribution in [0.15, 0.2) is 60.9 Å². The minimum Gasteiger partial charge on any atom is -0.494 e. The topological polar surface area (TPSA) is 72.0 Å². The van der Waals surface area contributed by atoms with Crippen LogP contribution in [0, 0.1) is 0 Å². The lowest BCUT2D eigenvalue weighted by Crippen LogP contribution is -2.05. The Bertz CT molecular complexity index is 762. The second kappa shape index (κ2) is 7.92. The van der Waals surface area contributed by atoms with E-state index in [4.69, 9.17) is 4.74 Å². The van der Waals surface area contributed by atoms with Crippen molar-refractivity contribution in [3.8, 4) is 5.75 Å². The van der Waals surface area contributed by atoms with Gasteiger partial charge in [0.1, 0.15) is 11.6 Å². The number of anilines is 3. The van der Waals surface area contributed by atoms with E-state index in [1.54, 1.807) is 12.4 Å². The van der Waals surface area contributed by atoms with E-state index in [2.05, 4.69) is 25.6 Å². The summed E-state index contributed by atoms with van der Waals surface area (Å²) in [6, 6.07) is 15.3. The van der Waals surface area contributed by atoms with Crippen molar-refractivity contribution in [1.29, 1.82) is 0 Å². The summed E-state index contributed by atoms with van der Waals surface area (Å²) in [6.07, 6.45) is 3.49. The van der Waals surface area contributed by atoms with Gasteiger partial charge in [0.25, 0.3) is 0 Å². The smallest absolute Gasteiger partial charge is 0.229 e. The minimum absolute atomic E-state index is 0.533. The van der Waals surface area contributed by atoms with E-state index in [-0.39, 0.29) is 0 Å². The molecule has 6 heteroatoms. The SMILES string of the molecule is CCOc1ccc(Nc2nccc(NCc3ccccn3)n2)cc1. The van der Waals surface area contributed by atoms with Gasteiger partial charge in [0, 0.05) is 18.1 Å². The highest BCUT2D eigenvalue weighted by molar-refractivity contribution is 5.55. The molecular formula is C18H19N5O. The summed E-state index contributed by atoms with van der Waals surface area (Å²) in [7, 11) is 0. The Morgan fingerprint density at radius 1 is 0.958 bits per heavy atom. The van der Waals surface area contributed by atoms with Gasteiger partial charge in [0.15, 0.2) is 0 Å². The number of hydrogen-bond acceptors (Lipinski definition) is 6. The summed E-state index contributed by atoms with van der Waals surface area (Å²) in [5.41, 5.74) is 1.86. The van der Waals surface area contributed by atoms with Crippen LogP contribution < -0.4 is 15.4 Å². The van der Waals surface area contributed by atoms with Crippen LogP contribution in [0.5, 0.6) is 5.75 Å². The molecule has 0 radical (unpaired) electrons. The first kappa shape index (κ1) is 15.7. The Morgan fingerprint density at radius 3 is 2.58 bits per heavy atom. The number of ether oxygens (including phenoxy) is 1. The van der Waals surface area contributed by atoms with Gasteiger partial charge in [-0.15, -0.1) is 0 Å². The van der Waals surface area contributed by atoms with Gasteiger partial charge in [0.05, 0.1) is 18.8 Å². The maximum atomic E-state index is 5.43. The molecule has 3 aromatic rings. The fourth-order valence-electron chi connectivity index (χ4n) is 2.13. The Labute approximate surface area is 141 Å². The molecule has 122 valence electrons. The zero-order chi connectivity index (χ0) is 16.6. The monoisotopic (exact) mass is 321 g/mol. The minimum atomic E-state index is 0.533. The van der Waals surface area contributed by atoms with E-state index in [1.807, 2.05) is 55.5 Å². The van der Waals surface area contributed by atoms with Gasteiger partial charge >= 0.3 is 0 Å². The first-order valence-electron chi connectivity index (χ1n) is 7.80. The molecule has 1 aromatic carbocycles. The van der Waals surface area contributed by atoms with Crippen molar-refractivity contribution in [3.05, 3.63) is 66.6 Å². The maximum absolute atomic E-state index is 5.43. The Kier molecular flexibility index (Phi) is 5.19. The van der Waals surface area contributed by atoms with Crippen LogP contribution >= 0.6 is 0 Å². The second-order valence-corrected chi connectivity index (χ2v) is 5.02. The fraction of sp³-hybridized carbons (Fsp3) is 0.167. The zero-order valence-corrected chi connectivity index (χ0v) is 13.4. The highest BCUT2D eigenvalue weighted by Gasteiger charge is 2.01. The number of benzene rings is 1. The van der Waals surface area contributed by atoms with E-state index in [9.17, 15) is 0 Å². The van der Waals surface area contributed by atoms with Gasteiger partial charge in [-0.05, 0) is 49.4 Å². The van der Waals surface area contributed by atoms with Crippen LogP contribution in [0.1, 0.15) is 12.6 Å². The summed E-state index contributed by atoms with van der Waals surface area (Å²) in [5, 5.41) is 6.42. The number of pyridine rings is 1. The first-order valence-corrected chi connectivity index (χ1v) is 7.80. The van der Waals surface area contributed by atoms with Gasteiger partial charge in [-0.2, -0.15) is 4.98 Å². The number of hydrogen-bond donors (Lipinski definition) is 2. The van der Waals surface area contributed by atoms with E-state index >= 15 is 0 Å². The van der Waals surface area contributed by atoms with Crippen molar-refractivity contribution < 1.29 is 4.74 Å². The normalized spacial score (nSPS) is 10.2. The summed E-state index contributed by atoms with van der Waals surface area (Å²) in [5.74, 6) is 2.11. The van der Waals surface area contributed by atoms with Crippen LogP contribution in [0.4, 0.5) is 17.5 Å². The van der Waals surface area contributed by atoms with Gasteiger partial charge < -0.3 is 15.4 Å². The van der Waals surface area contributed by atoms with Gasteiger partial charge in [-0.3, -0.25) is 4.98 Å². The molecule has 0 atom stereocenters. The molecule has 0 aliphatic rings. The third-order valence-corrected chi connectivity index (χ3v) is 3.25. The number of rotatable bonds is 7. The molecule has 0 spiro atoms. The highest BCUT2D eigenvalue weighted by Crippen LogP contribution is 2.18. The molecule has 6 nitrogen and oxygen atoms in total. The van der Waals surface area contributed by atoms with Crippen LogP contribution in [-0.2, 0) is 6.54 Å². The van der Waals surface area contributed by atoms with Crippen LogP contribution in [0.3, 0.4) is 0 Å². The molecule has 2 heterocycles. The molecule has 0 aliphatic heterocycles. The Balaban J connectivity index is 1.62. The largest absolute Gasteiger partial charge is 0.494 e. The summed E-state index contributed by atoms with van der Waals surface area (Å²) >= 11 is 0. The molecular weight excluding hydrogens is 302 g/mol. The van der Waals surface area contributed by atoms with Crippen LogP contribution in [0.2, 0.25) is 0 Å². The lowest BCUT2D eigenvalue weighted by molar-refractivity contribution is 0.340. The van der Waals surface area contributed by atoms with Gasteiger partial charge in [0.2, 0.25) is 5.95 Å². The van der Waals surface area contributed by atoms with Crippen molar-refractivity contribution in [3.63, 3.8) is 0 Å². The molecule has 0 aliphatic carbocycles. The average Bonchev–Trinajstić information content (AvgIpc) is 2.63. The average molecular weight is 321 g/mol. The zero-order valence-electron chi connectivity index (χ0n) is 13.4. The molecule has 0 amide bonds. The molecule has 2 N–H and O–H groups in total. The third-order valence-electron chi connectivity index (χ3n) is 3.25. The van der Waals surface area contributed by atoms with Crippen molar-refractivity contribution in [2.24, 2.45) is 0 Å². The summed E-state index contributed by atoms with van der Waals surface area (Å²) < 4.78 is 5.43. The lowest BCUT2D eigenvalue weighted by atomic mass is 10.3. The van der Waals surface area contributed by atoms with Crippen molar-refractivity contribution in [2.75, 3.05) is 17.2 Å². The van der Waals surface area contributed by atoms with Crippen LogP contribution in [0.25, 0.3) is 0 Å². The third kappa shape index (κ3) is 4.42. The standard InChI is InChI=1S/C18H19N5O/c1-2-24-16-8-6-14(7-9-16)22-18-20-12-10-17(23-18)21-13-15-5-3-4-11-19-15/h3-12H,2,13H2,1H3,(H2,20,21,22,23). The van der Waals surface area contributed by atoms with Gasteiger partial charge in [-0.25, -0.2) is 4.98 Å². The Hall–Kier alpha value is -3.15. The molecule has 0 unspecified atom stereocenters.